The molecule has 0 saturated carbocycles. The van der Waals surface area contributed by atoms with Gasteiger partial charge in [0.15, 0.2) is 17.3 Å². The lowest BCUT2D eigenvalue weighted by atomic mass is 9.98. The average Bonchev–Trinajstić information content (AvgIpc) is 3.41. The van der Waals surface area contributed by atoms with Crippen LogP contribution in [0.5, 0.6) is 0 Å². The lowest BCUT2D eigenvalue weighted by Gasteiger charge is -2.30. The van der Waals surface area contributed by atoms with Crippen LogP contribution in [0.4, 0.5) is 5.82 Å². The Bertz CT molecular complexity index is 942. The maximum absolute atomic E-state index is 12.9. The number of fused-ring (bicyclic) bond motifs is 1. The molecule has 1 unspecified atom stereocenters. The maximum Gasteiger partial charge on any atom is 0.292 e. The van der Waals surface area contributed by atoms with Gasteiger partial charge in [0.1, 0.15) is 5.52 Å². The predicted octanol–water partition coefficient (Wildman–Crippen LogP) is 2.67. The van der Waals surface area contributed by atoms with Crippen LogP contribution in [-0.2, 0) is 4.74 Å². The second-order valence-electron chi connectivity index (χ2n) is 7.26. The molecular weight excluding hydrogens is 360 g/mol. The molecule has 2 aromatic heterocycles. The van der Waals surface area contributed by atoms with Crippen LogP contribution in [0.15, 0.2) is 39.3 Å². The number of ether oxygens (including phenoxy) is 1. The number of hydrogen-bond donors (Lipinski definition) is 0. The van der Waals surface area contributed by atoms with Crippen molar-refractivity contribution in [2.45, 2.75) is 18.8 Å². The van der Waals surface area contributed by atoms with Gasteiger partial charge in [-0.05, 0) is 25.0 Å². The Hall–Kier alpha value is -2.87. The summed E-state index contributed by atoms with van der Waals surface area (Å²) in [5.74, 6) is 1.63. The number of carbonyl (C=O) groups is 1. The van der Waals surface area contributed by atoms with Crippen LogP contribution in [0.25, 0.3) is 11.1 Å². The summed E-state index contributed by atoms with van der Waals surface area (Å²) in [6.07, 6.45) is 1.85. The molecule has 146 valence electrons. The van der Waals surface area contributed by atoms with Gasteiger partial charge in [-0.25, -0.2) is 4.98 Å². The lowest BCUT2D eigenvalue weighted by molar-refractivity contribution is 0.0657. The highest BCUT2D eigenvalue weighted by atomic mass is 16.5. The fourth-order valence-electron chi connectivity index (χ4n) is 3.89. The molecule has 4 heterocycles. The zero-order chi connectivity index (χ0) is 18.9. The first kappa shape index (κ1) is 17.2. The Labute approximate surface area is 162 Å². The maximum atomic E-state index is 12.9. The minimum absolute atomic E-state index is 0.0896. The van der Waals surface area contributed by atoms with Gasteiger partial charge in [0.05, 0.1) is 19.1 Å². The molecular formula is C20H22N4O4. The number of amides is 1. The summed E-state index contributed by atoms with van der Waals surface area (Å²) < 4.78 is 16.6. The summed E-state index contributed by atoms with van der Waals surface area (Å²) in [4.78, 5) is 21.4. The first-order chi connectivity index (χ1) is 13.8. The van der Waals surface area contributed by atoms with Gasteiger partial charge >= 0.3 is 0 Å². The Morgan fingerprint density at radius 3 is 2.86 bits per heavy atom. The number of nitrogens with zero attached hydrogens (tertiary/aromatic N) is 4. The fraction of sp³-hybridized carbons (Fsp3) is 0.450. The van der Waals surface area contributed by atoms with E-state index in [1.54, 1.807) is 6.07 Å². The number of likely N-dealkylation sites (tertiary alicyclic amines) is 1. The summed E-state index contributed by atoms with van der Waals surface area (Å²) in [5.41, 5.74) is 1.64. The second kappa shape index (κ2) is 7.27. The van der Waals surface area contributed by atoms with Crippen molar-refractivity contribution < 1.29 is 18.5 Å². The highest BCUT2D eigenvalue weighted by Crippen LogP contribution is 2.30. The number of piperidine rings is 1. The number of benzene rings is 1. The predicted molar refractivity (Wildman–Crippen MR) is 101 cm³/mol. The van der Waals surface area contributed by atoms with E-state index in [1.807, 2.05) is 29.2 Å². The van der Waals surface area contributed by atoms with E-state index in [2.05, 4.69) is 15.0 Å². The smallest absolute Gasteiger partial charge is 0.292 e. The number of rotatable bonds is 3. The summed E-state index contributed by atoms with van der Waals surface area (Å²) in [6.45, 7) is 4.10. The van der Waals surface area contributed by atoms with Crippen molar-refractivity contribution >= 4 is 22.8 Å². The highest BCUT2D eigenvalue weighted by molar-refractivity contribution is 5.92. The van der Waals surface area contributed by atoms with Gasteiger partial charge in [-0.3, -0.25) is 4.79 Å². The van der Waals surface area contributed by atoms with Crippen molar-refractivity contribution in [2.75, 3.05) is 44.3 Å². The summed E-state index contributed by atoms with van der Waals surface area (Å²) in [5, 5.41) is 4.08. The van der Waals surface area contributed by atoms with Crippen LogP contribution >= 0.6 is 0 Å². The van der Waals surface area contributed by atoms with E-state index < -0.39 is 0 Å². The molecule has 2 fully saturated rings. The Balaban J connectivity index is 1.30. The molecule has 0 radical (unpaired) electrons. The molecule has 1 aromatic carbocycles. The minimum Gasteiger partial charge on any atom is -0.440 e. The van der Waals surface area contributed by atoms with E-state index in [0.717, 1.165) is 37.0 Å². The molecule has 1 amide bonds. The van der Waals surface area contributed by atoms with Crippen LogP contribution in [0.3, 0.4) is 0 Å². The molecule has 2 saturated heterocycles. The van der Waals surface area contributed by atoms with E-state index in [-0.39, 0.29) is 17.6 Å². The van der Waals surface area contributed by atoms with Crippen molar-refractivity contribution in [3.05, 3.63) is 42.0 Å². The summed E-state index contributed by atoms with van der Waals surface area (Å²) in [6, 6.07) is 9.47. The van der Waals surface area contributed by atoms with Crippen LogP contribution in [0.2, 0.25) is 0 Å². The minimum atomic E-state index is -0.132. The van der Waals surface area contributed by atoms with E-state index in [9.17, 15) is 4.79 Å². The molecule has 3 aromatic rings. The standard InChI is InChI=1S/C20H22N4O4/c25-20(17-12-18(22-28-17)23-8-10-26-11-9-23)24-7-3-4-14(13-24)19-21-15-5-1-2-6-16(15)27-19/h1-2,5-6,12,14H,3-4,7-11,13H2. The van der Waals surface area contributed by atoms with Crippen LogP contribution in [-0.4, -0.2) is 60.3 Å². The molecule has 5 rings (SSSR count). The molecule has 0 bridgehead atoms. The molecule has 2 aliphatic rings. The summed E-state index contributed by atoms with van der Waals surface area (Å²) in [7, 11) is 0. The fourth-order valence-corrected chi connectivity index (χ4v) is 3.89. The number of para-hydroxylation sites is 2. The van der Waals surface area contributed by atoms with E-state index in [0.29, 0.717) is 38.0 Å². The molecule has 0 N–H and O–H groups in total. The monoisotopic (exact) mass is 382 g/mol. The summed E-state index contributed by atoms with van der Waals surface area (Å²) >= 11 is 0. The topological polar surface area (TPSA) is 84.8 Å². The largest absolute Gasteiger partial charge is 0.440 e. The van der Waals surface area contributed by atoms with Gasteiger partial charge < -0.3 is 23.5 Å². The average molecular weight is 382 g/mol. The third kappa shape index (κ3) is 3.24. The van der Waals surface area contributed by atoms with Crippen LogP contribution in [0, 0.1) is 0 Å². The normalized spacial score (nSPS) is 20.6. The van der Waals surface area contributed by atoms with Crippen molar-refractivity contribution in [3.8, 4) is 0 Å². The second-order valence-corrected chi connectivity index (χ2v) is 7.26. The number of aromatic nitrogens is 2. The number of anilines is 1. The van der Waals surface area contributed by atoms with Gasteiger partial charge in [0.2, 0.25) is 5.76 Å². The molecule has 0 aliphatic carbocycles. The van der Waals surface area contributed by atoms with E-state index in [1.165, 1.54) is 0 Å². The van der Waals surface area contributed by atoms with Gasteiger partial charge in [-0.15, -0.1) is 0 Å². The van der Waals surface area contributed by atoms with Gasteiger partial charge in [0.25, 0.3) is 5.91 Å². The number of oxazole rings is 1. The third-order valence-electron chi connectivity index (χ3n) is 5.41. The first-order valence-corrected chi connectivity index (χ1v) is 9.72. The van der Waals surface area contributed by atoms with Gasteiger partial charge in [-0.2, -0.15) is 0 Å². The van der Waals surface area contributed by atoms with E-state index >= 15 is 0 Å². The molecule has 0 spiro atoms. The number of morpholine rings is 1. The van der Waals surface area contributed by atoms with Gasteiger partial charge in [0, 0.05) is 32.2 Å². The van der Waals surface area contributed by atoms with Crippen molar-refractivity contribution in [1.82, 2.24) is 15.0 Å². The Morgan fingerprint density at radius 2 is 2.00 bits per heavy atom. The molecule has 2 aliphatic heterocycles. The number of hydrogen-bond acceptors (Lipinski definition) is 7. The SMILES string of the molecule is O=C(c1cc(N2CCOCC2)no1)N1CCCC(c2nc3ccccc3o2)C1. The zero-order valence-corrected chi connectivity index (χ0v) is 15.5. The van der Waals surface area contributed by atoms with Gasteiger partial charge in [-0.1, -0.05) is 17.3 Å². The lowest BCUT2D eigenvalue weighted by Crippen LogP contribution is -2.39. The van der Waals surface area contributed by atoms with Crippen LogP contribution in [0.1, 0.15) is 35.2 Å². The Morgan fingerprint density at radius 1 is 1.14 bits per heavy atom. The van der Waals surface area contributed by atoms with Crippen molar-refractivity contribution in [1.29, 1.82) is 0 Å². The molecule has 8 nitrogen and oxygen atoms in total. The third-order valence-corrected chi connectivity index (χ3v) is 5.41. The molecule has 28 heavy (non-hydrogen) atoms. The number of carbonyl (C=O) groups excluding carboxylic acids is 1. The Kier molecular flexibility index (Phi) is 4.48. The molecule has 8 heteroatoms. The first-order valence-electron chi connectivity index (χ1n) is 9.72. The molecule has 1 atom stereocenters. The quantitative estimate of drug-likeness (QED) is 0.688. The van der Waals surface area contributed by atoms with Crippen molar-refractivity contribution in [3.63, 3.8) is 0 Å². The van der Waals surface area contributed by atoms with E-state index in [4.69, 9.17) is 13.7 Å². The highest BCUT2D eigenvalue weighted by Gasteiger charge is 2.30. The van der Waals surface area contributed by atoms with Crippen LogP contribution < -0.4 is 4.90 Å². The van der Waals surface area contributed by atoms with Crippen molar-refractivity contribution in [2.24, 2.45) is 0 Å². The zero-order valence-electron chi connectivity index (χ0n) is 15.5.